The van der Waals surface area contributed by atoms with E-state index in [0.29, 0.717) is 6.61 Å². The lowest BCUT2D eigenvalue weighted by molar-refractivity contribution is -0.0279. The van der Waals surface area contributed by atoms with E-state index in [9.17, 15) is 13.2 Å². The molecule has 7 nitrogen and oxygen atoms in total. The van der Waals surface area contributed by atoms with Crippen LogP contribution in [0.2, 0.25) is 0 Å². The van der Waals surface area contributed by atoms with Crippen molar-refractivity contribution in [3.63, 3.8) is 0 Å². The molecule has 0 saturated carbocycles. The minimum absolute atomic E-state index is 0.224. The second-order valence-corrected chi connectivity index (χ2v) is 9.79. The Morgan fingerprint density at radius 2 is 1.81 bits per heavy atom. The summed E-state index contributed by atoms with van der Waals surface area (Å²) < 4.78 is 36.9. The normalized spacial score (nSPS) is 21.9. The highest BCUT2D eigenvalue weighted by atomic mass is 32.2. The highest BCUT2D eigenvalue weighted by Crippen LogP contribution is 2.23. The van der Waals surface area contributed by atoms with Gasteiger partial charge in [0.2, 0.25) is 10.0 Å². The van der Waals surface area contributed by atoms with Gasteiger partial charge in [-0.3, -0.25) is 4.90 Å². The van der Waals surface area contributed by atoms with Crippen molar-refractivity contribution in [2.45, 2.75) is 52.0 Å². The van der Waals surface area contributed by atoms with Gasteiger partial charge in [-0.05, 0) is 33.3 Å². The largest absolute Gasteiger partial charge is 0.444 e. The van der Waals surface area contributed by atoms with Crippen molar-refractivity contribution in [1.29, 1.82) is 0 Å². The van der Waals surface area contributed by atoms with Crippen LogP contribution in [0, 0.1) is 0 Å². The number of hydrogen-bond donors (Lipinski definition) is 0. The molecule has 0 aliphatic carbocycles. The second kappa shape index (κ2) is 8.58. The van der Waals surface area contributed by atoms with Crippen molar-refractivity contribution in [2.75, 3.05) is 26.0 Å². The monoisotopic (exact) mass is 398 g/mol. The Kier molecular flexibility index (Phi) is 6.88. The van der Waals surface area contributed by atoms with Crippen molar-refractivity contribution in [3.8, 4) is 0 Å². The average molecular weight is 399 g/mol. The third-order valence-electron chi connectivity index (χ3n) is 4.43. The van der Waals surface area contributed by atoms with Gasteiger partial charge in [0.1, 0.15) is 5.60 Å². The molecule has 0 unspecified atom stereocenters. The van der Waals surface area contributed by atoms with Crippen molar-refractivity contribution >= 4 is 16.1 Å². The molecule has 27 heavy (non-hydrogen) atoms. The van der Waals surface area contributed by atoms with Crippen LogP contribution >= 0.6 is 0 Å². The molecule has 1 aliphatic rings. The maximum absolute atomic E-state index is 12.6. The van der Waals surface area contributed by atoms with Gasteiger partial charge in [0, 0.05) is 19.1 Å². The number of ether oxygens (including phenoxy) is 2. The third kappa shape index (κ3) is 6.19. The fourth-order valence-electron chi connectivity index (χ4n) is 3.14. The van der Waals surface area contributed by atoms with Gasteiger partial charge in [-0.15, -0.1) is 0 Å². The molecule has 1 aliphatic heterocycles. The van der Waals surface area contributed by atoms with Gasteiger partial charge in [0.15, 0.2) is 0 Å². The Labute approximate surface area is 162 Å². The van der Waals surface area contributed by atoms with Gasteiger partial charge in [-0.25, -0.2) is 13.2 Å². The Morgan fingerprint density at radius 1 is 1.19 bits per heavy atom. The van der Waals surface area contributed by atoms with Crippen LogP contribution in [0.1, 0.15) is 33.3 Å². The fraction of sp³-hybridized carbons (Fsp3) is 0.632. The van der Waals surface area contributed by atoms with Crippen LogP contribution in [-0.4, -0.2) is 67.4 Å². The molecule has 8 heteroatoms. The number of amides is 1. The summed E-state index contributed by atoms with van der Waals surface area (Å²) in [6.45, 7) is 8.35. The number of nitrogens with zero attached hydrogens (tertiary/aromatic N) is 2. The van der Waals surface area contributed by atoms with E-state index in [-0.39, 0.29) is 19.7 Å². The van der Waals surface area contributed by atoms with Crippen molar-refractivity contribution in [1.82, 2.24) is 9.21 Å². The van der Waals surface area contributed by atoms with Gasteiger partial charge in [-0.2, -0.15) is 4.31 Å². The molecule has 1 fully saturated rings. The maximum Gasteiger partial charge on any atom is 0.410 e. The number of rotatable bonds is 5. The van der Waals surface area contributed by atoms with E-state index < -0.39 is 33.8 Å². The van der Waals surface area contributed by atoms with Crippen LogP contribution in [-0.2, 0) is 26.1 Å². The zero-order valence-electron chi connectivity index (χ0n) is 16.7. The summed E-state index contributed by atoms with van der Waals surface area (Å²) in [4.78, 5) is 14.2. The standard InChI is InChI=1S/C19H30N2O5S/c1-15-17(14-25-13-16-9-7-6-8-10-16)20(18(22)26-19(2,3)4)11-12-21(15)27(5,23)24/h6-10,15,17H,11-14H2,1-5H3/t15-,17+/m1/s1. The Hall–Kier alpha value is -1.64. The van der Waals surface area contributed by atoms with Crippen molar-refractivity contribution in [2.24, 2.45) is 0 Å². The number of benzene rings is 1. The van der Waals surface area contributed by atoms with E-state index >= 15 is 0 Å². The van der Waals surface area contributed by atoms with Crippen LogP contribution in [0.3, 0.4) is 0 Å². The van der Waals surface area contributed by atoms with Crippen molar-refractivity contribution < 1.29 is 22.7 Å². The SMILES string of the molecule is C[C@@H]1[C@H](COCc2ccccc2)N(C(=O)OC(C)(C)C)CCN1S(C)(=O)=O. The van der Waals surface area contributed by atoms with Gasteiger partial charge < -0.3 is 9.47 Å². The fourth-order valence-corrected chi connectivity index (χ4v) is 4.30. The number of carbonyl (C=O) groups excluding carboxylic acids is 1. The molecule has 152 valence electrons. The smallest absolute Gasteiger partial charge is 0.410 e. The average Bonchev–Trinajstić information content (AvgIpc) is 2.54. The zero-order chi connectivity index (χ0) is 20.2. The first kappa shape index (κ1) is 21.7. The molecule has 0 radical (unpaired) electrons. The van der Waals surface area contributed by atoms with Crippen molar-refractivity contribution in [3.05, 3.63) is 35.9 Å². The van der Waals surface area contributed by atoms with Crippen LogP contribution in [0.4, 0.5) is 4.79 Å². The first-order valence-electron chi connectivity index (χ1n) is 9.07. The minimum Gasteiger partial charge on any atom is -0.444 e. The molecule has 2 atom stereocenters. The molecule has 1 amide bonds. The Morgan fingerprint density at radius 3 is 2.37 bits per heavy atom. The predicted molar refractivity (Wildman–Crippen MR) is 104 cm³/mol. The quantitative estimate of drug-likeness (QED) is 0.762. The van der Waals surface area contributed by atoms with E-state index in [1.54, 1.807) is 11.8 Å². The lowest BCUT2D eigenvalue weighted by atomic mass is 10.1. The number of carbonyl (C=O) groups is 1. The lowest BCUT2D eigenvalue weighted by Gasteiger charge is -2.45. The van der Waals surface area contributed by atoms with Gasteiger partial charge >= 0.3 is 6.09 Å². The van der Waals surface area contributed by atoms with E-state index in [0.717, 1.165) is 5.56 Å². The predicted octanol–water partition coefficient (Wildman–Crippen LogP) is 2.47. The number of sulfonamides is 1. The summed E-state index contributed by atoms with van der Waals surface area (Å²) in [6.07, 6.45) is 0.741. The number of piperazine rings is 1. The van der Waals surface area contributed by atoms with E-state index in [2.05, 4.69) is 0 Å². The van der Waals surface area contributed by atoms with Crippen LogP contribution in [0.5, 0.6) is 0 Å². The lowest BCUT2D eigenvalue weighted by Crippen LogP contribution is -2.63. The van der Waals surface area contributed by atoms with Gasteiger partial charge in [-0.1, -0.05) is 30.3 Å². The maximum atomic E-state index is 12.6. The molecule has 0 spiro atoms. The highest BCUT2D eigenvalue weighted by Gasteiger charge is 2.41. The molecule has 1 aromatic carbocycles. The summed E-state index contributed by atoms with van der Waals surface area (Å²) >= 11 is 0. The molecule has 1 heterocycles. The summed E-state index contributed by atoms with van der Waals surface area (Å²) in [5, 5.41) is 0. The topological polar surface area (TPSA) is 76.2 Å². The van der Waals surface area contributed by atoms with Crippen LogP contribution in [0.25, 0.3) is 0 Å². The summed E-state index contributed by atoms with van der Waals surface area (Å²) in [5.74, 6) is 0. The molecule has 1 saturated heterocycles. The molecular formula is C19H30N2O5S. The first-order valence-corrected chi connectivity index (χ1v) is 10.9. The first-order chi connectivity index (χ1) is 12.5. The summed E-state index contributed by atoms with van der Waals surface area (Å²) in [7, 11) is -3.37. The zero-order valence-corrected chi connectivity index (χ0v) is 17.5. The number of hydrogen-bond acceptors (Lipinski definition) is 5. The molecule has 0 aromatic heterocycles. The highest BCUT2D eigenvalue weighted by molar-refractivity contribution is 7.88. The van der Waals surface area contributed by atoms with E-state index in [1.807, 2.05) is 51.1 Å². The Balaban J connectivity index is 2.13. The van der Waals surface area contributed by atoms with Gasteiger partial charge in [0.05, 0.1) is 25.5 Å². The summed E-state index contributed by atoms with van der Waals surface area (Å²) in [6, 6.07) is 8.88. The Bertz CT molecular complexity index is 730. The molecule has 2 rings (SSSR count). The van der Waals surface area contributed by atoms with E-state index in [1.165, 1.54) is 10.6 Å². The molecule has 0 N–H and O–H groups in total. The summed E-state index contributed by atoms with van der Waals surface area (Å²) in [5.41, 5.74) is 0.397. The van der Waals surface area contributed by atoms with Gasteiger partial charge in [0.25, 0.3) is 0 Å². The van der Waals surface area contributed by atoms with Crippen LogP contribution < -0.4 is 0 Å². The second-order valence-electron chi connectivity index (χ2n) is 7.86. The third-order valence-corrected chi connectivity index (χ3v) is 5.79. The van der Waals surface area contributed by atoms with Crippen LogP contribution in [0.15, 0.2) is 30.3 Å². The van der Waals surface area contributed by atoms with E-state index in [4.69, 9.17) is 9.47 Å². The molecule has 1 aromatic rings. The molecular weight excluding hydrogens is 368 g/mol. The minimum atomic E-state index is -3.37. The molecule has 0 bridgehead atoms.